The van der Waals surface area contributed by atoms with Gasteiger partial charge in [0.15, 0.2) is 16.3 Å². The van der Waals surface area contributed by atoms with Crippen LogP contribution in [-0.4, -0.2) is 24.8 Å². The van der Waals surface area contributed by atoms with Crippen molar-refractivity contribution in [2.45, 2.75) is 25.5 Å². The van der Waals surface area contributed by atoms with Gasteiger partial charge in [-0.25, -0.2) is 4.99 Å². The molecule has 1 aromatic heterocycles. The maximum atomic E-state index is 14.1. The van der Waals surface area contributed by atoms with Crippen LogP contribution in [-0.2, 0) is 13.0 Å². The van der Waals surface area contributed by atoms with Crippen LogP contribution in [0.25, 0.3) is 11.8 Å². The monoisotopic (exact) mass is 629 g/mol. The van der Waals surface area contributed by atoms with Gasteiger partial charge in [-0.05, 0) is 82.6 Å². The van der Waals surface area contributed by atoms with Gasteiger partial charge in [0.2, 0.25) is 0 Å². The number of carbonyl (C=O) groups is 1. The highest BCUT2D eigenvalue weighted by Crippen LogP contribution is 2.41. The standard InChI is InChI=1S/C37H30N2O6S/c1-43-27-14-11-25(12-15-27)34-29-16-13-24-7-3-4-9-28(24)33(29)38-37-39(34)35(40)32(46-37)20-22-10-17-30(31(19-22)44-2)45-21-23-6-5-8-26(18-23)36(41)42/h3-12,14-15,17-20,34H,13,16,21H2,1-2H3,(H,41,42)/p-1/b32-20+. The van der Waals surface area contributed by atoms with Crippen LogP contribution in [0.1, 0.15) is 50.6 Å². The molecular weight excluding hydrogens is 600 g/mol. The lowest BCUT2D eigenvalue weighted by Gasteiger charge is -2.30. The number of carbonyl (C=O) groups excluding carboxylic acids is 1. The van der Waals surface area contributed by atoms with Crippen LogP contribution < -0.4 is 34.2 Å². The van der Waals surface area contributed by atoms with Crippen LogP contribution in [0, 0.1) is 0 Å². The molecule has 2 heterocycles. The number of aromatic nitrogens is 1. The number of benzene rings is 4. The molecule has 0 bridgehead atoms. The van der Waals surface area contributed by atoms with Gasteiger partial charge in [0.1, 0.15) is 12.4 Å². The number of rotatable bonds is 8. The first-order chi connectivity index (χ1) is 22.4. The third kappa shape index (κ3) is 5.39. The van der Waals surface area contributed by atoms with Crippen molar-refractivity contribution in [3.8, 4) is 17.2 Å². The van der Waals surface area contributed by atoms with Crippen molar-refractivity contribution in [2.24, 2.45) is 4.99 Å². The van der Waals surface area contributed by atoms with Gasteiger partial charge in [-0.1, -0.05) is 72.0 Å². The molecule has 1 aliphatic carbocycles. The number of nitrogens with zero attached hydrogens (tertiary/aromatic N) is 2. The Morgan fingerprint density at radius 3 is 2.57 bits per heavy atom. The number of methoxy groups -OCH3 is 2. The fraction of sp³-hybridized carbons (Fsp3) is 0.162. The molecule has 7 rings (SSSR count). The molecule has 1 unspecified atom stereocenters. The third-order valence-electron chi connectivity index (χ3n) is 8.35. The lowest BCUT2D eigenvalue weighted by atomic mass is 9.83. The molecule has 0 N–H and O–H groups in total. The van der Waals surface area contributed by atoms with Crippen LogP contribution in [0.5, 0.6) is 17.2 Å². The van der Waals surface area contributed by atoms with Crippen molar-refractivity contribution in [3.63, 3.8) is 0 Å². The topological polar surface area (TPSA) is 102 Å². The van der Waals surface area contributed by atoms with Crippen LogP contribution in [0.4, 0.5) is 0 Å². The Labute approximate surface area is 268 Å². The van der Waals surface area contributed by atoms with Gasteiger partial charge < -0.3 is 24.1 Å². The molecule has 0 saturated carbocycles. The van der Waals surface area contributed by atoms with Gasteiger partial charge in [-0.15, -0.1) is 0 Å². The fourth-order valence-corrected chi connectivity index (χ4v) is 7.10. The predicted molar refractivity (Wildman–Crippen MR) is 174 cm³/mol. The quantitative estimate of drug-likeness (QED) is 0.254. The second-order valence-electron chi connectivity index (χ2n) is 11.1. The van der Waals surface area contributed by atoms with Crippen molar-refractivity contribution >= 4 is 29.1 Å². The second-order valence-corrected chi connectivity index (χ2v) is 12.1. The zero-order valence-electron chi connectivity index (χ0n) is 25.2. The highest BCUT2D eigenvalue weighted by Gasteiger charge is 2.32. The molecule has 4 aromatic carbocycles. The number of carboxylic acids is 1. The van der Waals surface area contributed by atoms with E-state index < -0.39 is 5.97 Å². The predicted octanol–water partition coefficient (Wildman–Crippen LogP) is 4.28. The van der Waals surface area contributed by atoms with E-state index in [2.05, 4.69) is 18.2 Å². The van der Waals surface area contributed by atoms with Crippen molar-refractivity contribution in [2.75, 3.05) is 14.2 Å². The number of aromatic carboxylic acids is 1. The van der Waals surface area contributed by atoms with Gasteiger partial charge in [0, 0.05) is 5.56 Å². The summed E-state index contributed by atoms with van der Waals surface area (Å²) < 4.78 is 19.4. The minimum Gasteiger partial charge on any atom is -0.545 e. The first-order valence-electron chi connectivity index (χ1n) is 14.8. The van der Waals surface area contributed by atoms with Crippen molar-refractivity contribution in [1.82, 2.24) is 4.57 Å². The van der Waals surface area contributed by atoms with Gasteiger partial charge in [0.05, 0.1) is 36.5 Å². The summed E-state index contributed by atoms with van der Waals surface area (Å²) in [7, 11) is 3.19. The number of fused-ring (bicyclic) bond motifs is 3. The molecular formula is C37H29N2O6S-. The lowest BCUT2D eigenvalue weighted by molar-refractivity contribution is -0.255. The van der Waals surface area contributed by atoms with Crippen LogP contribution in [0.2, 0.25) is 0 Å². The van der Waals surface area contributed by atoms with E-state index in [4.69, 9.17) is 19.2 Å². The summed E-state index contributed by atoms with van der Waals surface area (Å²) in [6.45, 7) is 0.147. The van der Waals surface area contributed by atoms with Gasteiger partial charge in [-0.2, -0.15) is 0 Å². The molecule has 0 spiro atoms. The molecule has 1 aliphatic heterocycles. The molecule has 46 heavy (non-hydrogen) atoms. The van der Waals surface area contributed by atoms with Gasteiger partial charge in [0.25, 0.3) is 5.56 Å². The van der Waals surface area contributed by atoms with E-state index in [1.807, 2.05) is 53.1 Å². The molecule has 0 amide bonds. The second kappa shape index (κ2) is 12.2. The SMILES string of the molecule is COc1ccc(C2C3=C(N=c4s/c(=C/c5ccc(OCc6cccc(C(=O)[O-])c6)c(OC)c5)c(=O)n42)c2ccccc2CC3)cc1. The van der Waals surface area contributed by atoms with E-state index >= 15 is 0 Å². The number of allylic oxidation sites excluding steroid dienone is 1. The number of hydrogen-bond acceptors (Lipinski definition) is 8. The van der Waals surface area contributed by atoms with Gasteiger partial charge >= 0.3 is 0 Å². The number of carboxylic acid groups (broad SMARTS) is 1. The molecule has 230 valence electrons. The minimum absolute atomic E-state index is 0.0872. The smallest absolute Gasteiger partial charge is 0.271 e. The molecule has 1 atom stereocenters. The largest absolute Gasteiger partial charge is 0.545 e. The van der Waals surface area contributed by atoms with Crippen LogP contribution >= 0.6 is 11.3 Å². The van der Waals surface area contributed by atoms with E-state index in [1.54, 1.807) is 32.4 Å². The molecule has 2 aliphatic rings. The molecule has 0 saturated heterocycles. The summed E-state index contributed by atoms with van der Waals surface area (Å²) in [5, 5.41) is 11.2. The summed E-state index contributed by atoms with van der Waals surface area (Å²) in [5.41, 5.74) is 6.90. The lowest BCUT2D eigenvalue weighted by Crippen LogP contribution is -2.38. The first-order valence-corrected chi connectivity index (χ1v) is 15.6. The van der Waals surface area contributed by atoms with Crippen molar-refractivity contribution in [3.05, 3.63) is 150 Å². The van der Waals surface area contributed by atoms with Crippen LogP contribution in [0.15, 0.2) is 106 Å². The highest BCUT2D eigenvalue weighted by molar-refractivity contribution is 7.07. The van der Waals surface area contributed by atoms with E-state index in [0.29, 0.717) is 26.4 Å². The van der Waals surface area contributed by atoms with Gasteiger partial charge in [-0.3, -0.25) is 9.36 Å². The summed E-state index contributed by atoms with van der Waals surface area (Å²) in [4.78, 5) is 31.1. The maximum absolute atomic E-state index is 14.1. The highest BCUT2D eigenvalue weighted by atomic mass is 32.1. The Balaban J connectivity index is 1.27. The van der Waals surface area contributed by atoms with E-state index in [0.717, 1.165) is 46.6 Å². The molecule has 9 heteroatoms. The Bertz CT molecular complexity index is 2200. The number of ether oxygens (including phenoxy) is 3. The molecule has 8 nitrogen and oxygen atoms in total. The Kier molecular flexibility index (Phi) is 7.76. The molecule has 0 radical (unpaired) electrons. The number of thiazole rings is 1. The maximum Gasteiger partial charge on any atom is 0.271 e. The third-order valence-corrected chi connectivity index (χ3v) is 9.33. The molecule has 5 aromatic rings. The number of hydrogen-bond donors (Lipinski definition) is 0. The Morgan fingerprint density at radius 2 is 1.78 bits per heavy atom. The average Bonchev–Trinajstić information content (AvgIpc) is 3.40. The zero-order valence-corrected chi connectivity index (χ0v) is 26.0. The minimum atomic E-state index is -1.24. The van der Waals surface area contributed by atoms with E-state index in [-0.39, 0.29) is 23.8 Å². The van der Waals surface area contributed by atoms with E-state index in [1.165, 1.54) is 29.0 Å². The Hall–Kier alpha value is -5.41. The summed E-state index contributed by atoms with van der Waals surface area (Å²) >= 11 is 1.37. The normalized spacial score (nSPS) is 15.3. The Morgan fingerprint density at radius 1 is 0.957 bits per heavy atom. The summed E-state index contributed by atoms with van der Waals surface area (Å²) in [6.07, 6.45) is 3.55. The zero-order chi connectivity index (χ0) is 31.8. The average molecular weight is 630 g/mol. The first kappa shape index (κ1) is 29.3. The van der Waals surface area contributed by atoms with Crippen molar-refractivity contribution < 1.29 is 24.1 Å². The molecule has 0 fully saturated rings. The van der Waals surface area contributed by atoms with E-state index in [9.17, 15) is 14.7 Å². The number of aryl methyl sites for hydroxylation is 1. The summed E-state index contributed by atoms with van der Waals surface area (Å²) in [5.74, 6) is 0.493. The van der Waals surface area contributed by atoms with Crippen LogP contribution in [0.3, 0.4) is 0 Å². The fourth-order valence-electron chi connectivity index (χ4n) is 6.10. The summed E-state index contributed by atoms with van der Waals surface area (Å²) in [6, 6.07) is 27.8. The van der Waals surface area contributed by atoms with Crippen molar-refractivity contribution in [1.29, 1.82) is 0 Å².